The molecule has 2 unspecified atom stereocenters. The van der Waals surface area contributed by atoms with Crippen molar-refractivity contribution in [3.63, 3.8) is 0 Å². The van der Waals surface area contributed by atoms with Gasteiger partial charge in [0, 0.05) is 36.3 Å². The molecule has 29 heavy (non-hydrogen) atoms. The fraction of sp³-hybridized carbons (Fsp3) is 0.333. The van der Waals surface area contributed by atoms with Crippen LogP contribution in [0.3, 0.4) is 0 Å². The summed E-state index contributed by atoms with van der Waals surface area (Å²) in [7, 11) is 0. The summed E-state index contributed by atoms with van der Waals surface area (Å²) in [5, 5.41) is 1.07. The third kappa shape index (κ3) is 3.14. The molecule has 1 aromatic heterocycles. The van der Waals surface area contributed by atoms with Crippen LogP contribution in [0, 0.1) is 0 Å². The third-order valence-electron chi connectivity index (χ3n) is 6.31. The van der Waals surface area contributed by atoms with Gasteiger partial charge in [0.1, 0.15) is 4.70 Å². The van der Waals surface area contributed by atoms with Crippen molar-refractivity contribution in [2.75, 3.05) is 11.4 Å². The maximum atomic E-state index is 10.7. The molecule has 0 spiro atoms. The number of nitrogens with zero attached hydrogens (tertiary/aromatic N) is 2. The standard InChI is InChI=1S/C24H25N2O2S/c1-2-25-20-8-5-6-18(20)19-14-17(10-12-21(19)25)11-13-24-26(15-28-16-27)22-7-3-4-9-23(22)29-24/h3-4,7,9-14,16,18,20H,2,5-6,8,15H2,1H3/q+1. The molecule has 0 bridgehead atoms. The van der Waals surface area contributed by atoms with Crippen LogP contribution < -0.4 is 9.47 Å². The van der Waals surface area contributed by atoms with Crippen LogP contribution in [0.1, 0.15) is 48.2 Å². The molecule has 148 valence electrons. The number of para-hydroxylation sites is 1. The predicted octanol–water partition coefficient (Wildman–Crippen LogP) is 4.97. The molecule has 2 aromatic carbocycles. The Labute approximate surface area is 175 Å². The van der Waals surface area contributed by atoms with Gasteiger partial charge in [0.2, 0.25) is 5.52 Å². The van der Waals surface area contributed by atoms with Gasteiger partial charge in [-0.05, 0) is 55.2 Å². The summed E-state index contributed by atoms with van der Waals surface area (Å²) in [6.45, 7) is 4.08. The topological polar surface area (TPSA) is 33.4 Å². The van der Waals surface area contributed by atoms with E-state index in [2.05, 4.69) is 54.3 Å². The van der Waals surface area contributed by atoms with Gasteiger partial charge >= 0.3 is 0 Å². The number of carbonyl (C=O) groups excluding carboxylic acids is 1. The van der Waals surface area contributed by atoms with Gasteiger partial charge in [-0.1, -0.05) is 36.0 Å². The number of benzene rings is 2. The SMILES string of the molecule is CCN1c2ccc(/C=C/c3sc4ccccc4[n+]3COC=O)cc2C2CCCC21. The summed E-state index contributed by atoms with van der Waals surface area (Å²) in [6, 6.07) is 15.8. The maximum Gasteiger partial charge on any atom is 0.297 e. The second kappa shape index (κ2) is 7.64. The number of thiazole rings is 1. The van der Waals surface area contributed by atoms with Crippen LogP contribution in [-0.2, 0) is 16.3 Å². The Morgan fingerprint density at radius 1 is 1.21 bits per heavy atom. The van der Waals surface area contributed by atoms with Crippen molar-refractivity contribution in [3.8, 4) is 0 Å². The lowest BCUT2D eigenvalue weighted by molar-refractivity contribution is -0.700. The van der Waals surface area contributed by atoms with E-state index in [1.807, 2.05) is 16.7 Å². The normalized spacial score (nSPS) is 20.4. The minimum atomic E-state index is 0.229. The fourth-order valence-corrected chi connectivity index (χ4v) is 6.13. The maximum absolute atomic E-state index is 10.7. The molecule has 2 heterocycles. The highest BCUT2D eigenvalue weighted by molar-refractivity contribution is 7.18. The van der Waals surface area contributed by atoms with Crippen molar-refractivity contribution in [2.45, 2.75) is 44.9 Å². The van der Waals surface area contributed by atoms with Crippen LogP contribution in [0.5, 0.6) is 0 Å². The Hall–Kier alpha value is -2.66. The molecule has 5 rings (SSSR count). The number of fused-ring (bicyclic) bond motifs is 4. The lowest BCUT2D eigenvalue weighted by atomic mass is 9.96. The van der Waals surface area contributed by atoms with Crippen LogP contribution in [0.15, 0.2) is 42.5 Å². The summed E-state index contributed by atoms with van der Waals surface area (Å²) in [4.78, 5) is 13.3. The van der Waals surface area contributed by atoms with Crippen LogP contribution in [0.2, 0.25) is 0 Å². The first-order valence-electron chi connectivity index (χ1n) is 10.4. The van der Waals surface area contributed by atoms with E-state index in [-0.39, 0.29) is 6.73 Å². The molecule has 0 N–H and O–H groups in total. The molecule has 1 aliphatic carbocycles. The zero-order valence-electron chi connectivity index (χ0n) is 16.6. The van der Waals surface area contributed by atoms with Crippen LogP contribution >= 0.6 is 11.3 Å². The molecule has 0 saturated heterocycles. The summed E-state index contributed by atoms with van der Waals surface area (Å²) in [6.07, 6.45) is 8.28. The van der Waals surface area contributed by atoms with Crippen molar-refractivity contribution >= 4 is 45.9 Å². The van der Waals surface area contributed by atoms with Crippen molar-refractivity contribution in [1.29, 1.82) is 0 Å². The lowest BCUT2D eigenvalue weighted by Gasteiger charge is -2.25. The molecule has 2 atom stereocenters. The van der Waals surface area contributed by atoms with E-state index in [9.17, 15) is 4.79 Å². The number of likely N-dealkylation sites (N-methyl/N-ethyl adjacent to an activating group) is 1. The molecule has 1 fully saturated rings. The summed E-state index contributed by atoms with van der Waals surface area (Å²) >= 11 is 1.71. The summed E-state index contributed by atoms with van der Waals surface area (Å²) in [5.41, 5.74) is 5.26. The van der Waals surface area contributed by atoms with Crippen molar-refractivity contribution in [1.82, 2.24) is 0 Å². The molecule has 5 heteroatoms. The number of anilines is 1. The number of rotatable bonds is 6. The molecule has 0 radical (unpaired) electrons. The van der Waals surface area contributed by atoms with Gasteiger partial charge in [0.25, 0.3) is 18.2 Å². The Bertz CT molecular complexity index is 1090. The van der Waals surface area contributed by atoms with Gasteiger partial charge in [0.15, 0.2) is 0 Å². The van der Waals surface area contributed by atoms with Crippen molar-refractivity contribution < 1.29 is 14.1 Å². The fourth-order valence-electron chi connectivity index (χ4n) is 5.08. The summed E-state index contributed by atoms with van der Waals surface area (Å²) in [5.74, 6) is 0.688. The number of hydrogen-bond donors (Lipinski definition) is 0. The average Bonchev–Trinajstić information content (AvgIpc) is 3.43. The van der Waals surface area contributed by atoms with E-state index in [0.29, 0.717) is 18.4 Å². The Balaban J connectivity index is 1.48. The van der Waals surface area contributed by atoms with Crippen molar-refractivity contribution in [3.05, 3.63) is 58.6 Å². The van der Waals surface area contributed by atoms with E-state index >= 15 is 0 Å². The largest absolute Gasteiger partial charge is 0.407 e. The van der Waals surface area contributed by atoms with Crippen LogP contribution in [0.25, 0.3) is 22.4 Å². The highest BCUT2D eigenvalue weighted by Gasteiger charge is 2.40. The molecule has 4 nitrogen and oxygen atoms in total. The minimum absolute atomic E-state index is 0.229. The van der Waals surface area contributed by atoms with Crippen LogP contribution in [0.4, 0.5) is 5.69 Å². The Kier molecular flexibility index (Phi) is 4.84. The van der Waals surface area contributed by atoms with E-state index in [4.69, 9.17) is 4.74 Å². The quantitative estimate of drug-likeness (QED) is 0.429. The van der Waals surface area contributed by atoms with E-state index < -0.39 is 0 Å². The molecular formula is C24H25N2O2S+. The lowest BCUT2D eigenvalue weighted by Crippen LogP contribution is -2.36. The molecule has 3 aromatic rings. The van der Waals surface area contributed by atoms with E-state index in [0.717, 1.165) is 17.1 Å². The third-order valence-corrected chi connectivity index (χ3v) is 7.44. The second-order valence-electron chi connectivity index (χ2n) is 7.77. The minimum Gasteiger partial charge on any atom is -0.407 e. The zero-order valence-corrected chi connectivity index (χ0v) is 17.4. The first-order valence-corrected chi connectivity index (χ1v) is 11.2. The highest BCUT2D eigenvalue weighted by Crippen LogP contribution is 2.49. The molecule has 2 aliphatic rings. The monoisotopic (exact) mass is 405 g/mol. The number of hydrogen-bond acceptors (Lipinski definition) is 4. The van der Waals surface area contributed by atoms with E-state index in [1.54, 1.807) is 11.3 Å². The smallest absolute Gasteiger partial charge is 0.297 e. The van der Waals surface area contributed by atoms with Gasteiger partial charge in [-0.2, -0.15) is 0 Å². The second-order valence-corrected chi connectivity index (χ2v) is 8.83. The molecular weight excluding hydrogens is 380 g/mol. The Morgan fingerprint density at radius 3 is 2.97 bits per heavy atom. The van der Waals surface area contributed by atoms with Crippen LogP contribution in [-0.4, -0.2) is 19.1 Å². The average molecular weight is 406 g/mol. The first kappa shape index (κ1) is 18.4. The molecule has 1 saturated carbocycles. The predicted molar refractivity (Wildman–Crippen MR) is 118 cm³/mol. The zero-order chi connectivity index (χ0) is 19.8. The molecule has 1 aliphatic heterocycles. The number of carbonyl (C=O) groups is 1. The highest BCUT2D eigenvalue weighted by atomic mass is 32.1. The number of aromatic nitrogens is 1. The molecule has 0 amide bonds. The van der Waals surface area contributed by atoms with Gasteiger partial charge < -0.3 is 9.64 Å². The van der Waals surface area contributed by atoms with Gasteiger partial charge in [0.05, 0.1) is 0 Å². The van der Waals surface area contributed by atoms with E-state index in [1.165, 1.54) is 40.8 Å². The van der Waals surface area contributed by atoms with Gasteiger partial charge in [-0.3, -0.25) is 4.79 Å². The van der Waals surface area contributed by atoms with Gasteiger partial charge in [-0.15, -0.1) is 4.57 Å². The number of ether oxygens (including phenoxy) is 1. The Morgan fingerprint density at radius 2 is 2.10 bits per heavy atom. The first-order chi connectivity index (χ1) is 14.3. The van der Waals surface area contributed by atoms with Crippen molar-refractivity contribution in [2.24, 2.45) is 0 Å². The van der Waals surface area contributed by atoms with Gasteiger partial charge in [-0.25, -0.2) is 0 Å². The summed E-state index contributed by atoms with van der Waals surface area (Å²) < 4.78 is 8.29.